The molecule has 0 aliphatic rings. The summed E-state index contributed by atoms with van der Waals surface area (Å²) in [5.74, 6) is 0.924. The van der Waals surface area contributed by atoms with Crippen molar-refractivity contribution in [1.29, 1.82) is 0 Å². The minimum atomic E-state index is -0.250. The maximum atomic E-state index is 11.8. The minimum Gasteiger partial charge on any atom is -0.497 e. The number of ether oxygens (including phenoxy) is 3. The summed E-state index contributed by atoms with van der Waals surface area (Å²) in [6, 6.07) is 15.1. The predicted octanol–water partition coefficient (Wildman–Crippen LogP) is 4.12. The van der Waals surface area contributed by atoms with Crippen molar-refractivity contribution in [3.63, 3.8) is 0 Å². The first-order valence-corrected chi connectivity index (χ1v) is 9.19. The van der Waals surface area contributed by atoms with E-state index in [0.717, 1.165) is 29.7 Å². The molecule has 5 nitrogen and oxygen atoms in total. The third-order valence-electron chi connectivity index (χ3n) is 4.10. The average Bonchev–Trinajstić information content (AvgIpc) is 2.69. The molecule has 0 radical (unpaired) electrons. The molecule has 2 aromatic rings. The zero-order chi connectivity index (χ0) is 19.5. The van der Waals surface area contributed by atoms with Crippen LogP contribution < -0.4 is 9.47 Å². The Hall–Kier alpha value is -2.82. The standard InChI is InChI=1S/C22H26O5/c1-3-21(23)27-20-13-9-17(10-14-20)5-4-6-22(24)26-16-15-18-7-11-19(25-2)12-8-18/h7-14H,3-6,15-16H2,1-2H3. The zero-order valence-corrected chi connectivity index (χ0v) is 15.9. The van der Waals surface area contributed by atoms with E-state index in [-0.39, 0.29) is 11.9 Å². The number of aryl methyl sites for hydroxylation is 1. The van der Waals surface area contributed by atoms with Crippen LogP contribution in [0.25, 0.3) is 0 Å². The molecule has 2 aromatic carbocycles. The Bertz CT molecular complexity index is 719. The van der Waals surface area contributed by atoms with Crippen LogP contribution in [0.5, 0.6) is 11.5 Å². The fourth-order valence-corrected chi connectivity index (χ4v) is 2.51. The molecule has 5 heteroatoms. The van der Waals surface area contributed by atoms with Crippen LogP contribution in [-0.4, -0.2) is 25.7 Å². The second kappa shape index (κ2) is 11.0. The van der Waals surface area contributed by atoms with Crippen molar-refractivity contribution in [1.82, 2.24) is 0 Å². The molecule has 0 aliphatic heterocycles. The smallest absolute Gasteiger partial charge is 0.310 e. The predicted molar refractivity (Wildman–Crippen MR) is 103 cm³/mol. The van der Waals surface area contributed by atoms with E-state index in [4.69, 9.17) is 14.2 Å². The van der Waals surface area contributed by atoms with Gasteiger partial charge in [-0.2, -0.15) is 0 Å². The number of hydrogen-bond donors (Lipinski definition) is 0. The van der Waals surface area contributed by atoms with Crippen LogP contribution in [0.3, 0.4) is 0 Å². The molecule has 0 amide bonds. The molecular formula is C22H26O5. The highest BCUT2D eigenvalue weighted by atomic mass is 16.5. The SMILES string of the molecule is CCC(=O)Oc1ccc(CCCC(=O)OCCc2ccc(OC)cc2)cc1. The topological polar surface area (TPSA) is 61.8 Å². The van der Waals surface area contributed by atoms with Crippen LogP contribution in [0.2, 0.25) is 0 Å². The summed E-state index contributed by atoms with van der Waals surface area (Å²) < 4.78 is 15.5. The van der Waals surface area contributed by atoms with Gasteiger partial charge in [-0.05, 0) is 48.2 Å². The minimum absolute atomic E-state index is 0.183. The lowest BCUT2D eigenvalue weighted by Crippen LogP contribution is -2.08. The summed E-state index contributed by atoms with van der Waals surface area (Å²) in [7, 11) is 1.63. The molecule has 0 fully saturated rings. The fourth-order valence-electron chi connectivity index (χ4n) is 2.51. The highest BCUT2D eigenvalue weighted by molar-refractivity contribution is 5.71. The van der Waals surface area contributed by atoms with Gasteiger partial charge in [-0.3, -0.25) is 9.59 Å². The van der Waals surface area contributed by atoms with Crippen LogP contribution in [-0.2, 0) is 27.2 Å². The molecule has 144 valence electrons. The van der Waals surface area contributed by atoms with E-state index in [1.165, 1.54) is 0 Å². The zero-order valence-electron chi connectivity index (χ0n) is 15.9. The van der Waals surface area contributed by atoms with Crippen LogP contribution in [0.1, 0.15) is 37.3 Å². The largest absolute Gasteiger partial charge is 0.497 e. The second-order valence-corrected chi connectivity index (χ2v) is 6.14. The molecule has 0 saturated heterocycles. The summed E-state index contributed by atoms with van der Waals surface area (Å²) in [5, 5.41) is 0. The van der Waals surface area contributed by atoms with E-state index in [0.29, 0.717) is 31.6 Å². The molecular weight excluding hydrogens is 344 g/mol. The Morgan fingerprint density at radius 1 is 0.815 bits per heavy atom. The fraction of sp³-hybridized carbons (Fsp3) is 0.364. The van der Waals surface area contributed by atoms with Crippen molar-refractivity contribution >= 4 is 11.9 Å². The number of hydrogen-bond acceptors (Lipinski definition) is 5. The summed E-state index contributed by atoms with van der Waals surface area (Å²) in [4.78, 5) is 23.1. The normalized spacial score (nSPS) is 10.3. The number of esters is 2. The Morgan fingerprint density at radius 3 is 2.00 bits per heavy atom. The van der Waals surface area contributed by atoms with Crippen molar-refractivity contribution < 1.29 is 23.8 Å². The Kier molecular flexibility index (Phi) is 8.36. The summed E-state index contributed by atoms with van der Waals surface area (Å²) >= 11 is 0. The number of carbonyl (C=O) groups is 2. The van der Waals surface area contributed by atoms with Gasteiger partial charge in [0.2, 0.25) is 0 Å². The lowest BCUT2D eigenvalue weighted by Gasteiger charge is -2.07. The van der Waals surface area contributed by atoms with Gasteiger partial charge in [0.25, 0.3) is 0 Å². The molecule has 0 spiro atoms. The van der Waals surface area contributed by atoms with Crippen molar-refractivity contribution in [2.24, 2.45) is 0 Å². The number of benzene rings is 2. The van der Waals surface area contributed by atoms with Gasteiger partial charge in [0, 0.05) is 19.3 Å². The first-order chi connectivity index (χ1) is 13.1. The lowest BCUT2D eigenvalue weighted by atomic mass is 10.1. The van der Waals surface area contributed by atoms with E-state index < -0.39 is 0 Å². The molecule has 0 N–H and O–H groups in total. The monoisotopic (exact) mass is 370 g/mol. The molecule has 0 saturated carbocycles. The first kappa shape index (κ1) is 20.5. The molecule has 2 rings (SSSR count). The second-order valence-electron chi connectivity index (χ2n) is 6.14. The molecule has 0 heterocycles. The van der Waals surface area contributed by atoms with Crippen LogP contribution in [0.15, 0.2) is 48.5 Å². The van der Waals surface area contributed by atoms with Gasteiger partial charge in [-0.25, -0.2) is 0 Å². The first-order valence-electron chi connectivity index (χ1n) is 9.19. The van der Waals surface area contributed by atoms with Crippen LogP contribution in [0, 0.1) is 0 Å². The maximum Gasteiger partial charge on any atom is 0.310 e. The third kappa shape index (κ3) is 7.52. The summed E-state index contributed by atoms with van der Waals surface area (Å²) in [6.07, 6.45) is 2.91. The van der Waals surface area contributed by atoms with E-state index in [1.54, 1.807) is 26.2 Å². The molecule has 0 bridgehead atoms. The Morgan fingerprint density at radius 2 is 1.41 bits per heavy atom. The molecule has 27 heavy (non-hydrogen) atoms. The van der Waals surface area contributed by atoms with Gasteiger partial charge in [-0.1, -0.05) is 31.2 Å². The quantitative estimate of drug-likeness (QED) is 0.465. The van der Waals surface area contributed by atoms with Crippen molar-refractivity contribution in [3.8, 4) is 11.5 Å². The van der Waals surface area contributed by atoms with Crippen LogP contribution in [0.4, 0.5) is 0 Å². The molecule has 0 aliphatic carbocycles. The molecule has 0 unspecified atom stereocenters. The van der Waals surface area contributed by atoms with Gasteiger partial charge in [0.05, 0.1) is 13.7 Å². The van der Waals surface area contributed by atoms with E-state index in [2.05, 4.69) is 0 Å². The van der Waals surface area contributed by atoms with E-state index >= 15 is 0 Å². The highest BCUT2D eigenvalue weighted by Gasteiger charge is 2.05. The van der Waals surface area contributed by atoms with Crippen molar-refractivity contribution in [2.75, 3.05) is 13.7 Å². The number of rotatable bonds is 10. The highest BCUT2D eigenvalue weighted by Crippen LogP contribution is 2.15. The molecule has 0 atom stereocenters. The van der Waals surface area contributed by atoms with Gasteiger partial charge in [0.15, 0.2) is 0 Å². The Balaban J connectivity index is 1.63. The van der Waals surface area contributed by atoms with Crippen LogP contribution >= 0.6 is 0 Å². The summed E-state index contributed by atoms with van der Waals surface area (Å²) in [6.45, 7) is 2.13. The summed E-state index contributed by atoms with van der Waals surface area (Å²) in [5.41, 5.74) is 2.20. The van der Waals surface area contributed by atoms with E-state index in [1.807, 2.05) is 36.4 Å². The lowest BCUT2D eigenvalue weighted by molar-refractivity contribution is -0.143. The maximum absolute atomic E-state index is 11.8. The van der Waals surface area contributed by atoms with Crippen molar-refractivity contribution in [3.05, 3.63) is 59.7 Å². The van der Waals surface area contributed by atoms with Gasteiger partial charge >= 0.3 is 11.9 Å². The molecule has 0 aromatic heterocycles. The number of carbonyl (C=O) groups excluding carboxylic acids is 2. The van der Waals surface area contributed by atoms with E-state index in [9.17, 15) is 9.59 Å². The number of methoxy groups -OCH3 is 1. The average molecular weight is 370 g/mol. The van der Waals surface area contributed by atoms with Crippen molar-refractivity contribution in [2.45, 2.75) is 39.0 Å². The van der Waals surface area contributed by atoms with Gasteiger partial charge in [0.1, 0.15) is 11.5 Å². The van der Waals surface area contributed by atoms with Gasteiger partial charge < -0.3 is 14.2 Å². The Labute approximate surface area is 160 Å². The van der Waals surface area contributed by atoms with Gasteiger partial charge in [-0.15, -0.1) is 0 Å². The third-order valence-corrected chi connectivity index (χ3v) is 4.10.